The van der Waals surface area contributed by atoms with Crippen LogP contribution in [0.5, 0.6) is 0 Å². The summed E-state index contributed by atoms with van der Waals surface area (Å²) < 4.78 is 6.11. The molecule has 4 fully saturated rings. The van der Waals surface area contributed by atoms with Crippen molar-refractivity contribution in [2.45, 2.75) is 110 Å². The summed E-state index contributed by atoms with van der Waals surface area (Å²) in [7, 11) is 4.43. The molecular formula is C27H48NO3P. The largest absolute Gasteiger partial charge is 0.393 e. The Bertz CT molecular complexity index is 688. The highest BCUT2D eigenvalue weighted by Gasteiger charge is 2.80. The number of carbonyl (C=O) groups is 1. The molecule has 0 aromatic heterocycles. The monoisotopic (exact) mass is 465 g/mol. The van der Waals surface area contributed by atoms with Gasteiger partial charge in [0.15, 0.2) is 0 Å². The number of aliphatic hydroxyl groups is 1. The SMILES string of the molecule is CO[C@@H]1CC[C@@]23C[C@@H]4C[C@@H](C)C([C@H](O)C[C@](C)(CCCCCCCCNP)C(=O)[C@@H]2C)C413. The third-order valence-corrected chi connectivity index (χ3v) is 11.1. The zero-order valence-electron chi connectivity index (χ0n) is 21.0. The Morgan fingerprint density at radius 3 is 2.50 bits per heavy atom. The Kier molecular flexibility index (Phi) is 7.49. The summed E-state index contributed by atoms with van der Waals surface area (Å²) in [4.78, 5) is 14.1. The van der Waals surface area contributed by atoms with E-state index in [1.54, 1.807) is 0 Å². The van der Waals surface area contributed by atoms with Gasteiger partial charge in [-0.1, -0.05) is 62.3 Å². The zero-order valence-corrected chi connectivity index (χ0v) is 22.2. The summed E-state index contributed by atoms with van der Waals surface area (Å²) >= 11 is 0. The number of hydrogen-bond acceptors (Lipinski definition) is 4. The average molecular weight is 466 g/mol. The van der Waals surface area contributed by atoms with Crippen molar-refractivity contribution in [3.8, 4) is 0 Å². The van der Waals surface area contributed by atoms with Crippen molar-refractivity contribution >= 4 is 15.2 Å². The highest BCUT2D eigenvalue weighted by atomic mass is 31.0. The molecule has 184 valence electrons. The molecule has 0 amide bonds. The van der Waals surface area contributed by atoms with Gasteiger partial charge in [-0.2, -0.15) is 0 Å². The fourth-order valence-electron chi connectivity index (χ4n) is 9.67. The van der Waals surface area contributed by atoms with Gasteiger partial charge < -0.3 is 14.9 Å². The number of Topliss-reactive ketones (excluding diaryl/α,β-unsaturated/α-hetero) is 1. The molecule has 0 saturated heterocycles. The van der Waals surface area contributed by atoms with E-state index in [1.165, 1.54) is 44.9 Å². The van der Waals surface area contributed by atoms with E-state index in [4.69, 9.17) is 4.74 Å². The van der Waals surface area contributed by atoms with Crippen molar-refractivity contribution in [2.75, 3.05) is 13.7 Å². The first kappa shape index (κ1) is 25.1. The van der Waals surface area contributed by atoms with Crippen molar-refractivity contribution in [1.82, 2.24) is 5.09 Å². The molecule has 10 atom stereocenters. The number of carbonyl (C=O) groups excluding carboxylic acids is 1. The molecule has 0 aromatic rings. The Morgan fingerprint density at radius 1 is 1.12 bits per heavy atom. The second-order valence-electron chi connectivity index (χ2n) is 12.2. The van der Waals surface area contributed by atoms with Crippen LogP contribution in [0, 0.1) is 39.9 Å². The number of hydrogen-bond donors (Lipinski definition) is 2. The zero-order chi connectivity index (χ0) is 23.1. The van der Waals surface area contributed by atoms with Gasteiger partial charge in [0.05, 0.1) is 12.2 Å². The molecule has 4 aliphatic carbocycles. The molecule has 0 aromatic carbocycles. The van der Waals surface area contributed by atoms with Crippen LogP contribution in [0.15, 0.2) is 0 Å². The molecule has 2 N–H and O–H groups in total. The first-order chi connectivity index (χ1) is 15.3. The van der Waals surface area contributed by atoms with Crippen LogP contribution in [0.1, 0.15) is 97.8 Å². The van der Waals surface area contributed by atoms with E-state index in [0.29, 0.717) is 24.0 Å². The van der Waals surface area contributed by atoms with Gasteiger partial charge in [0, 0.05) is 23.9 Å². The molecule has 4 nitrogen and oxygen atoms in total. The third-order valence-electron chi connectivity index (χ3n) is 10.8. The second-order valence-corrected chi connectivity index (χ2v) is 12.6. The number of rotatable bonds is 10. The van der Waals surface area contributed by atoms with Gasteiger partial charge in [0.25, 0.3) is 0 Å². The van der Waals surface area contributed by atoms with Crippen LogP contribution < -0.4 is 5.09 Å². The van der Waals surface area contributed by atoms with E-state index in [9.17, 15) is 9.90 Å². The topological polar surface area (TPSA) is 58.6 Å². The van der Waals surface area contributed by atoms with Crippen molar-refractivity contribution < 1.29 is 14.6 Å². The summed E-state index contributed by atoms with van der Waals surface area (Å²) in [6, 6.07) is 0. The Balaban J connectivity index is 1.49. The number of ether oxygens (including phenoxy) is 1. The standard InChI is InChI=1S/C27H48NO3P/c1-18-15-20-16-26-13-11-22(31-4)27(20,26)23(18)21(29)17-25(3,24(30)19(26)2)12-9-7-5-6-8-10-14-28-32/h18-23,28-29H,5-17,32H2,1-4H3/t18-,19+,20+,21-,22-,23?,25+,26-,27?/m1/s1. The number of aliphatic hydroxyl groups excluding tert-OH is 1. The highest BCUT2D eigenvalue weighted by molar-refractivity contribution is 7.13. The Hall–Kier alpha value is -0.0200. The molecule has 1 spiro atoms. The lowest BCUT2D eigenvalue weighted by Gasteiger charge is -2.67. The first-order valence-corrected chi connectivity index (χ1v) is 14.0. The number of methoxy groups -OCH3 is 1. The lowest BCUT2D eigenvalue weighted by molar-refractivity contribution is -0.236. The molecule has 5 heteroatoms. The van der Waals surface area contributed by atoms with E-state index in [2.05, 4.69) is 35.2 Å². The molecule has 0 radical (unpaired) electrons. The normalized spacial score (nSPS) is 47.5. The Morgan fingerprint density at radius 2 is 1.81 bits per heavy atom. The van der Waals surface area contributed by atoms with Crippen LogP contribution in [0.25, 0.3) is 0 Å². The minimum atomic E-state index is -0.387. The molecule has 4 saturated carbocycles. The van der Waals surface area contributed by atoms with Gasteiger partial charge in [0.2, 0.25) is 0 Å². The fourth-order valence-corrected chi connectivity index (χ4v) is 9.87. The predicted octanol–water partition coefficient (Wildman–Crippen LogP) is 5.53. The molecule has 4 rings (SSSR count). The molecule has 0 aliphatic heterocycles. The quantitative estimate of drug-likeness (QED) is 0.329. The molecule has 3 unspecified atom stereocenters. The summed E-state index contributed by atoms with van der Waals surface area (Å²) in [5.41, 5.74) is -0.302. The number of unbranched alkanes of at least 4 members (excludes halogenated alkanes) is 5. The lowest BCUT2D eigenvalue weighted by Crippen LogP contribution is -2.68. The van der Waals surface area contributed by atoms with Crippen molar-refractivity contribution in [1.29, 1.82) is 0 Å². The van der Waals surface area contributed by atoms with Gasteiger partial charge in [-0.25, -0.2) is 0 Å². The fraction of sp³-hybridized carbons (Fsp3) is 0.963. The van der Waals surface area contributed by atoms with Gasteiger partial charge in [0.1, 0.15) is 5.78 Å². The second kappa shape index (κ2) is 9.56. The first-order valence-electron chi connectivity index (χ1n) is 13.5. The predicted molar refractivity (Wildman–Crippen MR) is 133 cm³/mol. The van der Waals surface area contributed by atoms with Gasteiger partial charge in [-0.3, -0.25) is 4.79 Å². The van der Waals surface area contributed by atoms with E-state index in [1.807, 2.05) is 7.11 Å². The van der Waals surface area contributed by atoms with Crippen LogP contribution >= 0.6 is 9.39 Å². The minimum Gasteiger partial charge on any atom is -0.393 e. The van der Waals surface area contributed by atoms with Crippen LogP contribution in [-0.2, 0) is 9.53 Å². The minimum absolute atomic E-state index is 0.0306. The van der Waals surface area contributed by atoms with Crippen molar-refractivity contribution in [3.05, 3.63) is 0 Å². The van der Waals surface area contributed by atoms with Gasteiger partial charge in [-0.05, 0) is 74.7 Å². The summed E-state index contributed by atoms with van der Waals surface area (Å²) in [5.74, 6) is 1.96. The summed E-state index contributed by atoms with van der Waals surface area (Å²) in [6.07, 6.45) is 13.3. The molecule has 32 heavy (non-hydrogen) atoms. The molecule has 0 bridgehead atoms. The van der Waals surface area contributed by atoms with Crippen LogP contribution in [-0.4, -0.2) is 36.8 Å². The maximum atomic E-state index is 14.1. The maximum absolute atomic E-state index is 14.1. The van der Waals surface area contributed by atoms with E-state index >= 15 is 0 Å². The lowest BCUT2D eigenvalue weighted by atomic mass is 9.37. The summed E-state index contributed by atoms with van der Waals surface area (Å²) in [6.45, 7) is 7.85. The molecular weight excluding hydrogens is 417 g/mol. The Labute approximate surface area is 198 Å². The van der Waals surface area contributed by atoms with Crippen molar-refractivity contribution in [3.63, 3.8) is 0 Å². The van der Waals surface area contributed by atoms with E-state index in [0.717, 1.165) is 32.2 Å². The number of ketones is 1. The maximum Gasteiger partial charge on any atom is 0.142 e. The smallest absolute Gasteiger partial charge is 0.142 e. The van der Waals surface area contributed by atoms with E-state index < -0.39 is 0 Å². The molecule has 0 heterocycles. The van der Waals surface area contributed by atoms with E-state index in [-0.39, 0.29) is 40.3 Å². The molecule has 4 aliphatic rings. The van der Waals surface area contributed by atoms with Crippen LogP contribution in [0.4, 0.5) is 0 Å². The van der Waals surface area contributed by atoms with Crippen LogP contribution in [0.3, 0.4) is 0 Å². The van der Waals surface area contributed by atoms with Crippen LogP contribution in [0.2, 0.25) is 0 Å². The number of nitrogens with one attached hydrogen (secondary N) is 1. The highest BCUT2D eigenvalue weighted by Crippen LogP contribution is 2.82. The average Bonchev–Trinajstić information content (AvgIpc) is 3.15. The third kappa shape index (κ3) is 3.57. The van der Waals surface area contributed by atoms with Crippen molar-refractivity contribution in [2.24, 2.45) is 39.9 Å². The van der Waals surface area contributed by atoms with Gasteiger partial charge >= 0.3 is 0 Å². The van der Waals surface area contributed by atoms with Gasteiger partial charge in [-0.15, -0.1) is 0 Å². The summed E-state index contributed by atoms with van der Waals surface area (Å²) in [5, 5.41) is 14.8.